The van der Waals surface area contributed by atoms with Crippen LogP contribution in [0, 0.1) is 12.7 Å². The SMILES string of the molecule is Cc1[nH]nc(O[C@@H]2O[C@H](CO)[C@@H](O)[C@H](O)[C@H]2O)c1Cc1ccc(-c2ccc(F)cc2)cc1. The molecule has 1 fully saturated rings. The first-order chi connectivity index (χ1) is 15.4. The molecule has 2 heterocycles. The molecule has 4 rings (SSSR count). The Bertz CT molecular complexity index is 1040. The number of aromatic amines is 1. The summed E-state index contributed by atoms with van der Waals surface area (Å²) in [6.45, 7) is 1.28. The van der Waals surface area contributed by atoms with Crippen molar-refractivity contribution in [1.82, 2.24) is 10.2 Å². The Morgan fingerprint density at radius 2 is 1.59 bits per heavy atom. The summed E-state index contributed by atoms with van der Waals surface area (Å²) in [4.78, 5) is 0. The van der Waals surface area contributed by atoms with Gasteiger partial charge < -0.3 is 29.9 Å². The van der Waals surface area contributed by atoms with Crippen molar-refractivity contribution >= 4 is 0 Å². The Morgan fingerprint density at radius 1 is 0.969 bits per heavy atom. The lowest BCUT2D eigenvalue weighted by atomic mass is 9.99. The van der Waals surface area contributed by atoms with Gasteiger partial charge in [-0.2, -0.15) is 0 Å². The first kappa shape index (κ1) is 22.4. The van der Waals surface area contributed by atoms with Crippen molar-refractivity contribution in [2.75, 3.05) is 6.61 Å². The van der Waals surface area contributed by atoms with Gasteiger partial charge in [-0.05, 0) is 35.7 Å². The molecular formula is C23H25FN2O6. The number of hydrogen-bond acceptors (Lipinski definition) is 7. The number of aromatic nitrogens is 2. The van der Waals surface area contributed by atoms with Crippen LogP contribution in [0.5, 0.6) is 5.88 Å². The summed E-state index contributed by atoms with van der Waals surface area (Å²) >= 11 is 0. The Hall–Kier alpha value is -2.82. The van der Waals surface area contributed by atoms with Gasteiger partial charge >= 0.3 is 0 Å². The van der Waals surface area contributed by atoms with E-state index in [4.69, 9.17) is 9.47 Å². The van der Waals surface area contributed by atoms with Gasteiger partial charge in [0.1, 0.15) is 30.2 Å². The van der Waals surface area contributed by atoms with Crippen molar-refractivity contribution in [2.45, 2.75) is 44.1 Å². The summed E-state index contributed by atoms with van der Waals surface area (Å²) in [5.74, 6) is -0.0952. The summed E-state index contributed by atoms with van der Waals surface area (Å²) in [5, 5.41) is 46.4. The normalized spacial score (nSPS) is 25.6. The lowest BCUT2D eigenvalue weighted by Crippen LogP contribution is -2.60. The Balaban J connectivity index is 1.50. The van der Waals surface area contributed by atoms with Crippen molar-refractivity contribution < 1.29 is 34.3 Å². The van der Waals surface area contributed by atoms with Crippen molar-refractivity contribution in [3.05, 3.63) is 71.2 Å². The number of aliphatic hydroxyl groups is 4. The van der Waals surface area contributed by atoms with Gasteiger partial charge in [0.15, 0.2) is 0 Å². The molecular weight excluding hydrogens is 419 g/mol. The second-order valence-corrected chi connectivity index (χ2v) is 7.83. The minimum Gasteiger partial charge on any atom is -0.443 e. The van der Waals surface area contributed by atoms with Crippen molar-refractivity contribution in [1.29, 1.82) is 0 Å². The third-order valence-electron chi connectivity index (χ3n) is 5.62. The average Bonchev–Trinajstić information content (AvgIpc) is 3.14. The van der Waals surface area contributed by atoms with E-state index >= 15 is 0 Å². The van der Waals surface area contributed by atoms with Crippen LogP contribution in [0.15, 0.2) is 48.5 Å². The molecule has 2 aromatic carbocycles. The maximum Gasteiger partial charge on any atom is 0.238 e. The van der Waals surface area contributed by atoms with Crippen LogP contribution in [0.3, 0.4) is 0 Å². The zero-order chi connectivity index (χ0) is 22.8. The number of nitrogens with zero attached hydrogens (tertiary/aromatic N) is 1. The van der Waals surface area contributed by atoms with E-state index in [9.17, 15) is 24.8 Å². The number of nitrogens with one attached hydrogen (secondary N) is 1. The molecule has 0 bridgehead atoms. The fraction of sp³-hybridized carbons (Fsp3) is 0.348. The summed E-state index contributed by atoms with van der Waals surface area (Å²) in [6.07, 6.45) is -6.43. The highest BCUT2D eigenvalue weighted by Crippen LogP contribution is 2.29. The highest BCUT2D eigenvalue weighted by molar-refractivity contribution is 5.63. The van der Waals surface area contributed by atoms with Crippen molar-refractivity contribution in [2.24, 2.45) is 0 Å². The number of aryl methyl sites for hydroxylation is 1. The van der Waals surface area contributed by atoms with Crippen molar-refractivity contribution in [3.63, 3.8) is 0 Å². The highest BCUT2D eigenvalue weighted by atomic mass is 19.1. The topological polar surface area (TPSA) is 128 Å². The molecule has 170 valence electrons. The Morgan fingerprint density at radius 3 is 2.22 bits per heavy atom. The minimum atomic E-state index is -1.53. The fourth-order valence-corrected chi connectivity index (χ4v) is 3.67. The van der Waals surface area contributed by atoms with Gasteiger partial charge in [0, 0.05) is 17.7 Å². The standard InChI is InChI=1S/C23H25FN2O6/c1-12-17(10-13-2-4-14(5-3-13)15-6-8-16(24)9-7-15)22(26-25-12)32-23-21(30)20(29)19(28)18(11-27)31-23/h2-9,18-21,23,27-30H,10-11H2,1H3,(H,25,26)/t18-,19-,20+,21-,23+/m1/s1. The molecule has 0 amide bonds. The highest BCUT2D eigenvalue weighted by Gasteiger charge is 2.45. The predicted molar refractivity (Wildman–Crippen MR) is 112 cm³/mol. The summed E-state index contributed by atoms with van der Waals surface area (Å²) in [7, 11) is 0. The van der Waals surface area contributed by atoms with Gasteiger partial charge in [0.2, 0.25) is 12.2 Å². The van der Waals surface area contributed by atoms with E-state index in [-0.39, 0.29) is 11.7 Å². The number of hydrogen-bond donors (Lipinski definition) is 5. The number of rotatable bonds is 6. The molecule has 0 unspecified atom stereocenters. The molecule has 1 aromatic heterocycles. The molecule has 0 radical (unpaired) electrons. The first-order valence-corrected chi connectivity index (χ1v) is 10.2. The van der Waals surface area contributed by atoms with Crippen LogP contribution >= 0.6 is 0 Å². The molecule has 32 heavy (non-hydrogen) atoms. The maximum absolute atomic E-state index is 13.1. The molecule has 1 aliphatic rings. The Labute approximate surface area is 183 Å². The monoisotopic (exact) mass is 444 g/mol. The van der Waals surface area contributed by atoms with Crippen LogP contribution in [-0.2, 0) is 11.2 Å². The van der Waals surface area contributed by atoms with E-state index in [0.29, 0.717) is 6.42 Å². The fourth-order valence-electron chi connectivity index (χ4n) is 3.67. The van der Waals surface area contributed by atoms with E-state index in [1.165, 1.54) is 12.1 Å². The largest absolute Gasteiger partial charge is 0.443 e. The van der Waals surface area contributed by atoms with Gasteiger partial charge in [-0.25, -0.2) is 4.39 Å². The van der Waals surface area contributed by atoms with Crippen LogP contribution in [-0.4, -0.2) is 67.9 Å². The van der Waals surface area contributed by atoms with Crippen LogP contribution in [0.1, 0.15) is 16.8 Å². The molecule has 0 saturated carbocycles. The van der Waals surface area contributed by atoms with E-state index in [0.717, 1.165) is 27.9 Å². The molecule has 5 N–H and O–H groups in total. The summed E-state index contributed by atoms with van der Waals surface area (Å²) in [6, 6.07) is 14.0. The predicted octanol–water partition coefficient (Wildman–Crippen LogP) is 1.29. The second-order valence-electron chi connectivity index (χ2n) is 7.83. The zero-order valence-electron chi connectivity index (χ0n) is 17.4. The van der Waals surface area contributed by atoms with E-state index < -0.39 is 37.3 Å². The third kappa shape index (κ3) is 4.52. The van der Waals surface area contributed by atoms with E-state index in [2.05, 4.69) is 10.2 Å². The zero-order valence-corrected chi connectivity index (χ0v) is 17.4. The minimum absolute atomic E-state index is 0.189. The van der Waals surface area contributed by atoms with E-state index in [1.807, 2.05) is 31.2 Å². The summed E-state index contributed by atoms with van der Waals surface area (Å²) in [5.41, 5.74) is 4.32. The van der Waals surface area contributed by atoms with Crippen LogP contribution in [0.2, 0.25) is 0 Å². The lowest BCUT2D eigenvalue weighted by molar-refractivity contribution is -0.278. The molecule has 9 heteroatoms. The second kappa shape index (κ2) is 9.35. The molecule has 0 spiro atoms. The Kier molecular flexibility index (Phi) is 6.54. The van der Waals surface area contributed by atoms with E-state index in [1.54, 1.807) is 12.1 Å². The van der Waals surface area contributed by atoms with Gasteiger partial charge in [-0.15, -0.1) is 5.10 Å². The smallest absolute Gasteiger partial charge is 0.238 e. The molecule has 3 aromatic rings. The van der Waals surface area contributed by atoms with Gasteiger partial charge in [0.05, 0.1) is 6.61 Å². The van der Waals surface area contributed by atoms with Crippen LogP contribution in [0.4, 0.5) is 4.39 Å². The van der Waals surface area contributed by atoms with Crippen LogP contribution < -0.4 is 4.74 Å². The van der Waals surface area contributed by atoms with Crippen LogP contribution in [0.25, 0.3) is 11.1 Å². The molecule has 0 aliphatic carbocycles. The van der Waals surface area contributed by atoms with Gasteiger partial charge in [-0.3, -0.25) is 5.10 Å². The molecule has 5 atom stereocenters. The molecule has 8 nitrogen and oxygen atoms in total. The first-order valence-electron chi connectivity index (χ1n) is 10.2. The number of ether oxygens (including phenoxy) is 2. The molecule has 1 saturated heterocycles. The number of aliphatic hydroxyl groups excluding tert-OH is 4. The van der Waals surface area contributed by atoms with Gasteiger partial charge in [-0.1, -0.05) is 36.4 Å². The number of benzene rings is 2. The molecule has 1 aliphatic heterocycles. The third-order valence-corrected chi connectivity index (χ3v) is 5.62. The summed E-state index contributed by atoms with van der Waals surface area (Å²) < 4.78 is 24.3. The average molecular weight is 444 g/mol. The number of halogens is 1. The van der Waals surface area contributed by atoms with Crippen molar-refractivity contribution in [3.8, 4) is 17.0 Å². The maximum atomic E-state index is 13.1. The number of H-pyrrole nitrogens is 1. The quantitative estimate of drug-likeness (QED) is 0.388. The van der Waals surface area contributed by atoms with Gasteiger partial charge in [0.25, 0.3) is 0 Å². The lowest BCUT2D eigenvalue weighted by Gasteiger charge is -2.39.